The molecule has 7 nitrogen and oxygen atoms in total. The minimum Gasteiger partial charge on any atom is -0.356 e. The lowest BCUT2D eigenvalue weighted by atomic mass is 10.3. The van der Waals surface area contributed by atoms with Crippen molar-refractivity contribution in [3.8, 4) is 0 Å². The SMILES string of the molecule is CCCCNC(=NCc1ncccc1F)NCc1nnc(C)n1C. The number of aryl methyl sites for hydroxylation is 1. The molecule has 24 heavy (non-hydrogen) atoms. The second-order valence-electron chi connectivity index (χ2n) is 5.45. The smallest absolute Gasteiger partial charge is 0.192 e. The van der Waals surface area contributed by atoms with E-state index >= 15 is 0 Å². The highest BCUT2D eigenvalue weighted by Crippen LogP contribution is 2.04. The van der Waals surface area contributed by atoms with E-state index in [1.807, 2.05) is 18.5 Å². The molecule has 8 heteroatoms. The van der Waals surface area contributed by atoms with Gasteiger partial charge in [0.25, 0.3) is 0 Å². The van der Waals surface area contributed by atoms with Gasteiger partial charge in [0.2, 0.25) is 0 Å². The van der Waals surface area contributed by atoms with Crippen molar-refractivity contribution in [2.24, 2.45) is 12.0 Å². The lowest BCUT2D eigenvalue weighted by Gasteiger charge is -2.12. The minimum absolute atomic E-state index is 0.173. The monoisotopic (exact) mass is 333 g/mol. The maximum atomic E-state index is 13.7. The molecule has 0 unspecified atom stereocenters. The maximum Gasteiger partial charge on any atom is 0.192 e. The number of hydrogen-bond acceptors (Lipinski definition) is 4. The van der Waals surface area contributed by atoms with Crippen LogP contribution in [0.4, 0.5) is 4.39 Å². The molecule has 0 saturated carbocycles. The number of nitrogens with zero attached hydrogens (tertiary/aromatic N) is 5. The summed E-state index contributed by atoms with van der Waals surface area (Å²) in [6.07, 6.45) is 3.67. The van der Waals surface area contributed by atoms with E-state index in [9.17, 15) is 4.39 Å². The van der Waals surface area contributed by atoms with Crippen molar-refractivity contribution in [3.63, 3.8) is 0 Å². The van der Waals surface area contributed by atoms with Gasteiger partial charge in [-0.3, -0.25) is 4.98 Å². The third-order valence-electron chi connectivity index (χ3n) is 3.64. The summed E-state index contributed by atoms with van der Waals surface area (Å²) >= 11 is 0. The number of guanidine groups is 1. The first-order valence-corrected chi connectivity index (χ1v) is 8.08. The molecule has 0 aliphatic rings. The first-order valence-electron chi connectivity index (χ1n) is 8.08. The van der Waals surface area contributed by atoms with Crippen molar-refractivity contribution in [2.75, 3.05) is 6.54 Å². The molecule has 130 valence electrons. The Hall–Kier alpha value is -2.51. The Balaban J connectivity index is 2.01. The van der Waals surface area contributed by atoms with E-state index in [4.69, 9.17) is 0 Å². The second-order valence-corrected chi connectivity index (χ2v) is 5.45. The van der Waals surface area contributed by atoms with Crippen molar-refractivity contribution in [1.29, 1.82) is 0 Å². The van der Waals surface area contributed by atoms with Crippen LogP contribution in [-0.2, 0) is 20.1 Å². The molecule has 0 atom stereocenters. The predicted octanol–water partition coefficient (Wildman–Crippen LogP) is 1.69. The van der Waals surface area contributed by atoms with Crippen LogP contribution < -0.4 is 10.6 Å². The van der Waals surface area contributed by atoms with Gasteiger partial charge in [-0.1, -0.05) is 13.3 Å². The summed E-state index contributed by atoms with van der Waals surface area (Å²) in [5, 5.41) is 14.6. The van der Waals surface area contributed by atoms with Crippen molar-refractivity contribution >= 4 is 5.96 Å². The summed E-state index contributed by atoms with van der Waals surface area (Å²) in [7, 11) is 1.91. The summed E-state index contributed by atoms with van der Waals surface area (Å²) in [5.41, 5.74) is 0.323. The Morgan fingerprint density at radius 1 is 1.33 bits per heavy atom. The van der Waals surface area contributed by atoms with Crippen LogP contribution >= 0.6 is 0 Å². The molecule has 2 N–H and O–H groups in total. The normalized spacial score (nSPS) is 11.6. The fourth-order valence-electron chi connectivity index (χ4n) is 2.01. The molecule has 0 amide bonds. The lowest BCUT2D eigenvalue weighted by molar-refractivity contribution is 0.599. The van der Waals surface area contributed by atoms with E-state index in [0.29, 0.717) is 18.2 Å². The van der Waals surface area contributed by atoms with Crippen LogP contribution in [0, 0.1) is 12.7 Å². The van der Waals surface area contributed by atoms with E-state index in [2.05, 4.69) is 37.7 Å². The highest BCUT2D eigenvalue weighted by Gasteiger charge is 2.07. The summed E-state index contributed by atoms with van der Waals surface area (Å²) < 4.78 is 15.6. The minimum atomic E-state index is -0.349. The number of pyridine rings is 1. The molecule has 0 fully saturated rings. The van der Waals surface area contributed by atoms with Crippen molar-refractivity contribution < 1.29 is 4.39 Å². The zero-order valence-electron chi connectivity index (χ0n) is 14.4. The third-order valence-corrected chi connectivity index (χ3v) is 3.64. The molecular formula is C16H24FN7. The zero-order valence-corrected chi connectivity index (χ0v) is 14.4. The average Bonchev–Trinajstić information content (AvgIpc) is 2.90. The van der Waals surface area contributed by atoms with Crippen LogP contribution in [-0.4, -0.2) is 32.3 Å². The van der Waals surface area contributed by atoms with Crippen molar-refractivity contribution in [3.05, 3.63) is 41.5 Å². The molecule has 2 aromatic heterocycles. The largest absolute Gasteiger partial charge is 0.356 e. The van der Waals surface area contributed by atoms with Crippen molar-refractivity contribution in [1.82, 2.24) is 30.4 Å². The van der Waals surface area contributed by atoms with Crippen LogP contribution in [0.2, 0.25) is 0 Å². The first-order chi connectivity index (χ1) is 11.6. The zero-order chi connectivity index (χ0) is 17.4. The molecular weight excluding hydrogens is 309 g/mol. The van der Waals surface area contributed by atoms with Crippen LogP contribution in [0.1, 0.15) is 37.1 Å². The second kappa shape index (κ2) is 8.95. The van der Waals surface area contributed by atoms with Gasteiger partial charge in [-0.15, -0.1) is 10.2 Å². The quantitative estimate of drug-likeness (QED) is 0.458. The van der Waals surface area contributed by atoms with Gasteiger partial charge in [0.05, 0.1) is 18.8 Å². The molecule has 2 aromatic rings. The topological polar surface area (TPSA) is 80.0 Å². The number of nitrogens with one attached hydrogen (secondary N) is 2. The van der Waals surface area contributed by atoms with Gasteiger partial charge in [-0.05, 0) is 25.5 Å². The van der Waals surface area contributed by atoms with Crippen LogP contribution in [0.3, 0.4) is 0 Å². The lowest BCUT2D eigenvalue weighted by Crippen LogP contribution is -2.38. The summed E-state index contributed by atoms with van der Waals surface area (Å²) in [6.45, 7) is 5.48. The number of halogens is 1. The summed E-state index contributed by atoms with van der Waals surface area (Å²) in [6, 6.07) is 2.95. The molecule has 0 aliphatic heterocycles. The number of aliphatic imine (C=N–C) groups is 1. The fraction of sp³-hybridized carbons (Fsp3) is 0.500. The molecule has 0 saturated heterocycles. The van der Waals surface area contributed by atoms with Crippen LogP contribution in [0.5, 0.6) is 0 Å². The highest BCUT2D eigenvalue weighted by atomic mass is 19.1. The number of aromatic nitrogens is 4. The van der Waals surface area contributed by atoms with Crippen LogP contribution in [0.25, 0.3) is 0 Å². The Morgan fingerprint density at radius 3 is 2.83 bits per heavy atom. The summed E-state index contributed by atoms with van der Waals surface area (Å²) in [5.74, 6) is 1.91. The fourth-order valence-corrected chi connectivity index (χ4v) is 2.01. The number of hydrogen-bond donors (Lipinski definition) is 2. The number of unbranched alkanes of at least 4 members (excludes halogenated alkanes) is 1. The predicted molar refractivity (Wildman–Crippen MR) is 90.8 cm³/mol. The van der Waals surface area contributed by atoms with E-state index < -0.39 is 0 Å². The molecule has 2 heterocycles. The first kappa shape index (κ1) is 17.8. The van der Waals surface area contributed by atoms with E-state index in [0.717, 1.165) is 31.0 Å². The molecule has 0 spiro atoms. The Kier molecular flexibility index (Phi) is 6.65. The molecule has 0 aliphatic carbocycles. The van der Waals surface area contributed by atoms with Gasteiger partial charge in [-0.25, -0.2) is 9.38 Å². The standard InChI is InChI=1S/C16H24FN7/c1-4-5-8-19-16(20-10-14-13(17)7-6-9-18-14)21-11-15-23-22-12(2)24(15)3/h6-7,9H,4-5,8,10-11H2,1-3H3,(H2,19,20,21). The van der Waals surface area contributed by atoms with Gasteiger partial charge in [0.15, 0.2) is 11.8 Å². The van der Waals surface area contributed by atoms with Gasteiger partial charge in [0.1, 0.15) is 11.6 Å². The van der Waals surface area contributed by atoms with Gasteiger partial charge < -0.3 is 15.2 Å². The highest BCUT2D eigenvalue weighted by molar-refractivity contribution is 5.79. The molecule has 0 radical (unpaired) electrons. The van der Waals surface area contributed by atoms with E-state index in [1.165, 1.54) is 6.07 Å². The molecule has 2 rings (SSSR count). The summed E-state index contributed by atoms with van der Waals surface area (Å²) in [4.78, 5) is 8.43. The molecule has 0 aromatic carbocycles. The van der Waals surface area contributed by atoms with E-state index in [1.54, 1.807) is 12.3 Å². The molecule has 0 bridgehead atoms. The number of rotatable bonds is 7. The van der Waals surface area contributed by atoms with E-state index in [-0.39, 0.29) is 12.4 Å². The van der Waals surface area contributed by atoms with Crippen LogP contribution in [0.15, 0.2) is 23.3 Å². The maximum absolute atomic E-state index is 13.7. The Bertz CT molecular complexity index is 681. The third kappa shape index (κ3) is 5.00. The van der Waals surface area contributed by atoms with Gasteiger partial charge in [-0.2, -0.15) is 0 Å². The van der Waals surface area contributed by atoms with Crippen molar-refractivity contribution in [2.45, 2.75) is 39.8 Å². The average molecular weight is 333 g/mol. The Morgan fingerprint density at radius 2 is 2.17 bits per heavy atom. The Labute approximate surface area is 141 Å². The van der Waals surface area contributed by atoms with Gasteiger partial charge >= 0.3 is 0 Å². The van der Waals surface area contributed by atoms with Gasteiger partial charge in [0, 0.05) is 19.8 Å².